The fourth-order valence-corrected chi connectivity index (χ4v) is 6.46. The summed E-state index contributed by atoms with van der Waals surface area (Å²) in [6.07, 6.45) is 39.2. The van der Waals surface area contributed by atoms with Crippen LogP contribution in [0.4, 0.5) is 0 Å². The zero-order valence-electron chi connectivity index (χ0n) is 36.1. The maximum atomic E-state index is 12.7. The van der Waals surface area contributed by atoms with E-state index in [-0.39, 0.29) is 12.8 Å². The average Bonchev–Trinajstić information content (AvgIpc) is 3.20. The molecule has 0 saturated carbocycles. The summed E-state index contributed by atoms with van der Waals surface area (Å²) in [6, 6.07) is 0. The molecule has 0 fully saturated rings. The van der Waals surface area contributed by atoms with Crippen LogP contribution in [0.3, 0.4) is 0 Å². The number of carbonyl (C=O) groups excluding carboxylic acids is 2. The second-order valence-electron chi connectivity index (χ2n) is 14.5. The maximum Gasteiger partial charge on any atom is 0.472 e. The molecule has 4 atom stereocenters. The quantitative estimate of drug-likeness (QED) is 0.0127. The SMILES string of the molecule is CCCCC/C=C\C/C=C\C/C=C\C=C\[C@@H](O)CCCC(=O)OC[C@H](COP(=O)(O)OC[C@@H](O)COP(=O)(O)O)OC(=O)CCCCCCC/C=C\C/C=C\CCCCC. The summed E-state index contributed by atoms with van der Waals surface area (Å²) < 4.78 is 47.6. The van der Waals surface area contributed by atoms with E-state index in [4.69, 9.17) is 23.8 Å². The number of aliphatic hydroxyl groups excluding tert-OH is 2. The Morgan fingerprint density at radius 2 is 1.05 bits per heavy atom. The van der Waals surface area contributed by atoms with E-state index >= 15 is 0 Å². The molecule has 0 amide bonds. The Kier molecular flexibility index (Phi) is 37.7. The van der Waals surface area contributed by atoms with Crippen LogP contribution in [0.15, 0.2) is 72.9 Å². The Balaban J connectivity index is 4.74. The van der Waals surface area contributed by atoms with Gasteiger partial charge in [-0.2, -0.15) is 0 Å². The molecule has 0 spiro atoms. The van der Waals surface area contributed by atoms with Crippen LogP contribution in [0.2, 0.25) is 0 Å². The minimum Gasteiger partial charge on any atom is -0.462 e. The fraction of sp³-hybridized carbons (Fsp3) is 0.682. The molecule has 0 aliphatic carbocycles. The van der Waals surface area contributed by atoms with Crippen LogP contribution in [0, 0.1) is 0 Å². The van der Waals surface area contributed by atoms with Gasteiger partial charge < -0.3 is 34.4 Å². The van der Waals surface area contributed by atoms with Crippen molar-refractivity contribution in [2.75, 3.05) is 26.4 Å². The van der Waals surface area contributed by atoms with Crippen LogP contribution in [-0.4, -0.2) is 81.6 Å². The Morgan fingerprint density at radius 3 is 1.65 bits per heavy atom. The highest BCUT2D eigenvalue weighted by atomic mass is 31.2. The number of carbonyl (C=O) groups is 2. The predicted octanol–water partition coefficient (Wildman–Crippen LogP) is 9.98. The second-order valence-corrected chi connectivity index (χ2v) is 17.2. The molecule has 60 heavy (non-hydrogen) atoms. The average molecular weight is 891 g/mol. The number of aliphatic hydroxyl groups is 2. The summed E-state index contributed by atoms with van der Waals surface area (Å²) in [5.74, 6) is -1.26. The van der Waals surface area contributed by atoms with Crippen LogP contribution in [0.25, 0.3) is 0 Å². The molecule has 16 heteroatoms. The third-order valence-corrected chi connectivity index (χ3v) is 10.1. The van der Waals surface area contributed by atoms with Gasteiger partial charge in [-0.3, -0.25) is 23.2 Å². The Hall–Kier alpha value is -2.48. The van der Waals surface area contributed by atoms with Gasteiger partial charge in [-0.05, 0) is 77.0 Å². The number of phosphoric ester groups is 2. The van der Waals surface area contributed by atoms with E-state index in [2.05, 4.69) is 71.5 Å². The molecule has 1 unspecified atom stereocenters. The minimum absolute atomic E-state index is 0.0394. The monoisotopic (exact) mass is 890 g/mol. The van der Waals surface area contributed by atoms with Gasteiger partial charge in [0, 0.05) is 12.8 Å². The molecular weight excluding hydrogens is 814 g/mol. The van der Waals surface area contributed by atoms with E-state index in [0.717, 1.165) is 64.2 Å². The van der Waals surface area contributed by atoms with E-state index in [9.17, 15) is 33.8 Å². The number of esters is 2. The second kappa shape index (κ2) is 39.4. The third-order valence-electron chi connectivity index (χ3n) is 8.66. The van der Waals surface area contributed by atoms with Gasteiger partial charge in [0.1, 0.15) is 12.7 Å². The summed E-state index contributed by atoms with van der Waals surface area (Å²) >= 11 is 0. The lowest BCUT2D eigenvalue weighted by atomic mass is 10.1. The Morgan fingerprint density at radius 1 is 0.550 bits per heavy atom. The molecule has 0 radical (unpaired) electrons. The molecule has 0 aromatic heterocycles. The lowest BCUT2D eigenvalue weighted by Gasteiger charge is -2.20. The van der Waals surface area contributed by atoms with Gasteiger partial charge in [0.05, 0.1) is 25.9 Å². The van der Waals surface area contributed by atoms with Crippen molar-refractivity contribution in [2.45, 2.75) is 167 Å². The van der Waals surface area contributed by atoms with Crippen LogP contribution < -0.4 is 0 Å². The molecule has 0 aliphatic heterocycles. The number of allylic oxidation sites excluding steroid dienone is 11. The Labute approximate surface area is 359 Å². The lowest BCUT2D eigenvalue weighted by molar-refractivity contribution is -0.161. The number of hydrogen-bond acceptors (Lipinski definition) is 11. The van der Waals surface area contributed by atoms with Gasteiger partial charge in [0.25, 0.3) is 0 Å². The van der Waals surface area contributed by atoms with Crippen molar-refractivity contribution in [3.8, 4) is 0 Å². The topological polar surface area (TPSA) is 216 Å². The van der Waals surface area contributed by atoms with Crippen LogP contribution >= 0.6 is 15.6 Å². The molecule has 0 bridgehead atoms. The van der Waals surface area contributed by atoms with E-state index in [0.29, 0.717) is 19.3 Å². The minimum atomic E-state index is -4.89. The summed E-state index contributed by atoms with van der Waals surface area (Å²) in [7, 11) is -9.74. The van der Waals surface area contributed by atoms with Crippen LogP contribution in [0.1, 0.15) is 149 Å². The molecular formula is C44H76O14P2. The fourth-order valence-electron chi connectivity index (χ4n) is 5.30. The number of unbranched alkanes of at least 4 members (excludes halogenated alkanes) is 11. The van der Waals surface area contributed by atoms with Crippen molar-refractivity contribution in [1.82, 2.24) is 0 Å². The first-order chi connectivity index (χ1) is 28.8. The maximum absolute atomic E-state index is 12.7. The molecule has 0 heterocycles. The summed E-state index contributed by atoms with van der Waals surface area (Å²) in [6.45, 7) is 1.46. The summed E-state index contributed by atoms with van der Waals surface area (Å²) in [5, 5.41) is 20.0. The standard InChI is InChI=1S/C44H76O14P2/c1-3-5-7-9-11-13-15-17-18-20-22-24-26-28-30-34-44(48)58-42(39-57-60(52,53)56-37-41(46)36-55-59(49,50)51)38-54-43(47)35-31-33-40(45)32-29-27-25-23-21-19-16-14-12-10-8-6-4-2/h11-14,17-19,21,25,27,29,32,40-42,45-46H,3-10,15-16,20,22-24,26,28,30-31,33-39H2,1-2H3,(H,52,53)(H2,49,50,51)/b13-11-,14-12-,18-17-,21-19-,27-25-,32-29+/t40-,41+,42-/m1/s1. The normalized spacial score (nSPS) is 15.2. The lowest BCUT2D eigenvalue weighted by Crippen LogP contribution is -2.30. The summed E-state index contributed by atoms with van der Waals surface area (Å²) in [4.78, 5) is 52.7. The van der Waals surface area contributed by atoms with Crippen molar-refractivity contribution in [3.05, 3.63) is 72.9 Å². The zero-order valence-corrected chi connectivity index (χ0v) is 37.9. The number of hydrogen-bond donors (Lipinski definition) is 5. The molecule has 0 saturated heterocycles. The van der Waals surface area contributed by atoms with Gasteiger partial charge >= 0.3 is 27.6 Å². The number of rotatable bonds is 40. The van der Waals surface area contributed by atoms with Crippen molar-refractivity contribution >= 4 is 27.6 Å². The van der Waals surface area contributed by atoms with E-state index in [1.807, 2.05) is 12.2 Å². The first kappa shape index (κ1) is 57.5. The van der Waals surface area contributed by atoms with Crippen molar-refractivity contribution < 1.29 is 66.7 Å². The first-order valence-electron chi connectivity index (χ1n) is 21.7. The third kappa shape index (κ3) is 42.2. The number of phosphoric acid groups is 2. The molecule has 0 aromatic carbocycles. The van der Waals surface area contributed by atoms with Crippen LogP contribution in [-0.2, 0) is 41.8 Å². The molecule has 0 aliphatic rings. The van der Waals surface area contributed by atoms with Gasteiger partial charge in [-0.1, -0.05) is 132 Å². The molecule has 346 valence electrons. The van der Waals surface area contributed by atoms with E-state index in [1.165, 1.54) is 38.5 Å². The Bertz CT molecular complexity index is 1350. The highest BCUT2D eigenvalue weighted by Crippen LogP contribution is 2.43. The van der Waals surface area contributed by atoms with Crippen molar-refractivity contribution in [1.29, 1.82) is 0 Å². The van der Waals surface area contributed by atoms with Gasteiger partial charge in [-0.25, -0.2) is 9.13 Å². The van der Waals surface area contributed by atoms with Crippen LogP contribution in [0.5, 0.6) is 0 Å². The predicted molar refractivity (Wildman–Crippen MR) is 236 cm³/mol. The largest absolute Gasteiger partial charge is 0.472 e. The highest BCUT2D eigenvalue weighted by Gasteiger charge is 2.28. The van der Waals surface area contributed by atoms with E-state index < -0.39 is 72.3 Å². The molecule has 5 N–H and O–H groups in total. The van der Waals surface area contributed by atoms with E-state index in [1.54, 1.807) is 12.2 Å². The highest BCUT2D eigenvalue weighted by molar-refractivity contribution is 7.47. The molecule has 0 rings (SSSR count). The number of ether oxygens (including phenoxy) is 2. The zero-order chi connectivity index (χ0) is 44.6. The smallest absolute Gasteiger partial charge is 0.462 e. The molecule has 14 nitrogen and oxygen atoms in total. The first-order valence-corrected chi connectivity index (χ1v) is 24.8. The van der Waals surface area contributed by atoms with Crippen molar-refractivity contribution in [2.24, 2.45) is 0 Å². The van der Waals surface area contributed by atoms with Crippen molar-refractivity contribution in [3.63, 3.8) is 0 Å². The van der Waals surface area contributed by atoms with Gasteiger partial charge in [-0.15, -0.1) is 0 Å². The van der Waals surface area contributed by atoms with Gasteiger partial charge in [0.15, 0.2) is 6.10 Å². The summed E-state index contributed by atoms with van der Waals surface area (Å²) in [5.41, 5.74) is 0. The molecule has 0 aromatic rings. The van der Waals surface area contributed by atoms with Gasteiger partial charge in [0.2, 0.25) is 0 Å².